The number of rotatable bonds is 78. The number of nitrogens with zero attached hydrogens (tertiary/aromatic N) is 3. The van der Waals surface area contributed by atoms with Crippen LogP contribution in [0.15, 0.2) is 0 Å². The number of amides is 5. The summed E-state index contributed by atoms with van der Waals surface area (Å²) in [6.45, 7) is 25.1. The monoisotopic (exact) mass is 1370 g/mol. The molecule has 0 aliphatic carbocycles. The van der Waals surface area contributed by atoms with Crippen LogP contribution in [-0.2, 0) is 24.0 Å². The maximum atomic E-state index is 12.9. The highest BCUT2D eigenvalue weighted by Gasteiger charge is 2.15. The van der Waals surface area contributed by atoms with Crippen LogP contribution < -0.4 is 31.9 Å². The summed E-state index contributed by atoms with van der Waals surface area (Å²) in [5, 5.41) is 19.1. The first-order valence-corrected chi connectivity index (χ1v) is 42.7. The Morgan fingerprint density at radius 2 is 0.381 bits per heavy atom. The molecule has 6 N–H and O–H groups in total. The molecule has 0 spiro atoms. The fourth-order valence-corrected chi connectivity index (χ4v) is 12.6. The van der Waals surface area contributed by atoms with E-state index in [0.29, 0.717) is 64.8 Å². The predicted octanol–water partition coefficient (Wildman–Crippen LogP) is 19.6. The van der Waals surface area contributed by atoms with Crippen LogP contribution in [0.5, 0.6) is 0 Å². The first-order chi connectivity index (χ1) is 47.6. The summed E-state index contributed by atoms with van der Waals surface area (Å²) in [6, 6.07) is 0. The van der Waals surface area contributed by atoms with Gasteiger partial charge in [-0.1, -0.05) is 330 Å². The van der Waals surface area contributed by atoms with Crippen molar-refractivity contribution in [2.75, 3.05) is 105 Å². The minimum Gasteiger partial charge on any atom is -0.356 e. The molecule has 0 aromatic carbocycles. The predicted molar refractivity (Wildman–Crippen MR) is 421 cm³/mol. The first-order valence-electron chi connectivity index (χ1n) is 42.7. The fourth-order valence-electron chi connectivity index (χ4n) is 12.6. The Morgan fingerprint density at radius 1 is 0.196 bits per heavy atom. The van der Waals surface area contributed by atoms with Gasteiger partial charge in [-0.3, -0.25) is 24.0 Å². The van der Waals surface area contributed by atoms with Gasteiger partial charge < -0.3 is 46.6 Å². The molecule has 5 amide bonds. The molecule has 0 aliphatic rings. The molecule has 0 bridgehead atoms. The maximum Gasteiger partial charge on any atom is 0.221 e. The van der Waals surface area contributed by atoms with Crippen LogP contribution in [0.4, 0.5) is 0 Å². The van der Waals surface area contributed by atoms with Gasteiger partial charge in [0.05, 0.1) is 0 Å². The van der Waals surface area contributed by atoms with Crippen molar-refractivity contribution in [3.8, 4) is 0 Å². The Hall–Kier alpha value is -2.81. The SMILES string of the molecule is CCCCCCCCCCCCNC(=O)CCN(C)CCC(=O)NCCCCCCCCCCCC.CCCCCCCCCCCCNC(=O)CCN(CCNCCC)CCN(CCC(=O)NCCCCCCCCCCCC)CCC(=O)NCCCCCCCCCCCC. The molecule has 0 radical (unpaired) electrons. The minimum atomic E-state index is 0.103. The van der Waals surface area contributed by atoms with Crippen molar-refractivity contribution in [3.63, 3.8) is 0 Å². The van der Waals surface area contributed by atoms with Crippen molar-refractivity contribution in [2.24, 2.45) is 0 Å². The molecule has 0 aromatic rings. The molecule has 14 heteroatoms. The molecule has 14 nitrogen and oxygen atoms in total. The second kappa shape index (κ2) is 82.1. The van der Waals surface area contributed by atoms with E-state index in [4.69, 9.17) is 0 Å². The topological polar surface area (TPSA) is 167 Å². The van der Waals surface area contributed by atoms with Gasteiger partial charge in [0.2, 0.25) is 29.5 Å². The Kier molecular flexibility index (Phi) is 81.5. The van der Waals surface area contributed by atoms with Crippen LogP contribution in [0.25, 0.3) is 0 Å². The Bertz CT molecular complexity index is 1560. The van der Waals surface area contributed by atoms with E-state index in [0.717, 1.165) is 104 Å². The number of nitrogens with one attached hydrogen (secondary N) is 6. The van der Waals surface area contributed by atoms with Crippen LogP contribution in [0.1, 0.15) is 401 Å². The van der Waals surface area contributed by atoms with Crippen molar-refractivity contribution < 1.29 is 24.0 Å². The third-order valence-electron chi connectivity index (χ3n) is 19.4. The van der Waals surface area contributed by atoms with Crippen LogP contribution >= 0.6 is 0 Å². The van der Waals surface area contributed by atoms with Gasteiger partial charge in [-0.05, 0) is 52.1 Å². The number of hydrogen-bond donors (Lipinski definition) is 6. The zero-order valence-corrected chi connectivity index (χ0v) is 66.1. The molecule has 0 aromatic heterocycles. The molecule has 0 unspecified atom stereocenters. The Labute approximate surface area is 603 Å². The second-order valence-corrected chi connectivity index (χ2v) is 29.1. The van der Waals surface area contributed by atoms with Gasteiger partial charge in [-0.25, -0.2) is 0 Å². The number of hydrogen-bond acceptors (Lipinski definition) is 9. The summed E-state index contributed by atoms with van der Waals surface area (Å²) >= 11 is 0. The van der Waals surface area contributed by atoms with Gasteiger partial charge in [0.1, 0.15) is 0 Å². The number of carbonyl (C=O) groups is 5. The van der Waals surface area contributed by atoms with Crippen LogP contribution in [0.2, 0.25) is 0 Å². The van der Waals surface area contributed by atoms with Gasteiger partial charge in [0.25, 0.3) is 0 Å². The summed E-state index contributed by atoms with van der Waals surface area (Å²) in [4.78, 5) is 69.6. The normalized spacial score (nSPS) is 11.4. The van der Waals surface area contributed by atoms with Crippen molar-refractivity contribution >= 4 is 29.5 Å². The highest BCUT2D eigenvalue weighted by Crippen LogP contribution is 2.15. The summed E-state index contributed by atoms with van der Waals surface area (Å²) < 4.78 is 0. The van der Waals surface area contributed by atoms with Gasteiger partial charge >= 0.3 is 0 Å². The van der Waals surface area contributed by atoms with Gasteiger partial charge in [-0.2, -0.15) is 0 Å². The summed E-state index contributed by atoms with van der Waals surface area (Å²) in [6.07, 6.45) is 68.5. The zero-order chi connectivity index (χ0) is 71.1. The molecule has 97 heavy (non-hydrogen) atoms. The number of unbranched alkanes of at least 4 members (excludes halogenated alkanes) is 45. The maximum absolute atomic E-state index is 12.9. The fraction of sp³-hybridized carbons (Fsp3) is 0.940. The molecule has 0 aliphatic heterocycles. The Balaban J connectivity index is 0. The zero-order valence-electron chi connectivity index (χ0n) is 66.1. The molecule has 0 atom stereocenters. The van der Waals surface area contributed by atoms with Gasteiger partial charge in [0, 0.05) is 124 Å². The smallest absolute Gasteiger partial charge is 0.221 e. The lowest BCUT2D eigenvalue weighted by molar-refractivity contribution is -0.123. The van der Waals surface area contributed by atoms with E-state index in [-0.39, 0.29) is 29.5 Å². The molecular weight excluding hydrogens is 1200 g/mol. The Morgan fingerprint density at radius 3 is 0.588 bits per heavy atom. The number of carbonyl (C=O) groups excluding carboxylic acids is 5. The van der Waals surface area contributed by atoms with E-state index < -0.39 is 0 Å². The third kappa shape index (κ3) is 80.4. The van der Waals surface area contributed by atoms with E-state index in [1.165, 1.54) is 289 Å². The average Bonchev–Trinajstić information content (AvgIpc) is 3.71. The quantitative estimate of drug-likeness (QED) is 0.0325. The lowest BCUT2D eigenvalue weighted by Crippen LogP contribution is -2.42. The van der Waals surface area contributed by atoms with E-state index in [1.54, 1.807) is 0 Å². The van der Waals surface area contributed by atoms with E-state index in [9.17, 15) is 24.0 Å². The lowest BCUT2D eigenvalue weighted by Gasteiger charge is -2.28. The largest absolute Gasteiger partial charge is 0.356 e. The molecule has 576 valence electrons. The van der Waals surface area contributed by atoms with Crippen LogP contribution in [-0.4, -0.2) is 149 Å². The molecule has 0 saturated carbocycles. The van der Waals surface area contributed by atoms with E-state index in [1.807, 2.05) is 7.05 Å². The highest BCUT2D eigenvalue weighted by molar-refractivity contribution is 5.77. The van der Waals surface area contributed by atoms with Crippen molar-refractivity contribution in [1.82, 2.24) is 46.6 Å². The third-order valence-corrected chi connectivity index (χ3v) is 19.4. The van der Waals surface area contributed by atoms with E-state index >= 15 is 0 Å². The molecule has 0 saturated heterocycles. The average molecular weight is 1370 g/mol. The molecular formula is C83H169N9O5. The summed E-state index contributed by atoms with van der Waals surface area (Å²) in [5.41, 5.74) is 0. The van der Waals surface area contributed by atoms with Gasteiger partial charge in [-0.15, -0.1) is 0 Å². The minimum absolute atomic E-state index is 0.103. The first kappa shape index (κ1) is 96.2. The molecule has 0 rings (SSSR count). The van der Waals surface area contributed by atoms with Crippen molar-refractivity contribution in [3.05, 3.63) is 0 Å². The molecule has 0 fully saturated rings. The van der Waals surface area contributed by atoms with Gasteiger partial charge in [0.15, 0.2) is 0 Å². The summed E-state index contributed by atoms with van der Waals surface area (Å²) in [7, 11) is 1.99. The molecule has 0 heterocycles. The second-order valence-electron chi connectivity index (χ2n) is 29.1. The van der Waals surface area contributed by atoms with Crippen molar-refractivity contribution in [2.45, 2.75) is 401 Å². The van der Waals surface area contributed by atoms with Crippen LogP contribution in [0.3, 0.4) is 0 Å². The standard InChI is InChI=1S/C52H106N6O3.C31H63N3O2/c1-5-9-12-15-18-21-24-27-30-33-40-54-50(59)36-44-57(45-37-51(60)55-41-34-31-28-25-22-19-16-13-10-6-2)48-49-58(47-43-53-39-8-4)46-38-52(61)56-42-35-32-29-26-23-20-17-14-11-7-3;1-4-6-8-10-12-14-16-18-20-22-26-32-30(35)24-28-34(3)29-25-31(36)33-27-23-21-19-17-15-13-11-9-7-5-2/h53H,5-49H2,1-4H3,(H,54,59)(H,55,60)(H,56,61);4-29H2,1-3H3,(H,32,35)(H,33,36). The lowest BCUT2D eigenvalue weighted by atomic mass is 10.1. The highest BCUT2D eigenvalue weighted by atomic mass is 16.2. The summed E-state index contributed by atoms with van der Waals surface area (Å²) in [5.74, 6) is 0.598. The van der Waals surface area contributed by atoms with Crippen LogP contribution in [0, 0.1) is 0 Å². The van der Waals surface area contributed by atoms with Crippen molar-refractivity contribution in [1.29, 1.82) is 0 Å². The van der Waals surface area contributed by atoms with E-state index in [2.05, 4.69) is 88.1 Å².